The Kier molecular flexibility index (Phi) is 5.50. The van der Waals surface area contributed by atoms with Gasteiger partial charge in [-0.1, -0.05) is 31.9 Å². The predicted molar refractivity (Wildman–Crippen MR) is 58.3 cm³/mol. The SMILES string of the molecule is O=S(=O)(O)C(CBr)C(CBr)S(=O)(=O)O. The first-order chi connectivity index (χ1) is 6.14. The molecule has 0 aromatic rings. The normalized spacial score (nSPS) is 17.7. The van der Waals surface area contributed by atoms with E-state index in [4.69, 9.17) is 9.11 Å². The van der Waals surface area contributed by atoms with Gasteiger partial charge in [-0.3, -0.25) is 9.11 Å². The minimum absolute atomic E-state index is 0.290. The van der Waals surface area contributed by atoms with E-state index in [1.807, 2.05) is 0 Å². The zero-order valence-corrected chi connectivity index (χ0v) is 11.5. The van der Waals surface area contributed by atoms with Crippen LogP contribution in [-0.2, 0) is 20.2 Å². The first-order valence-electron chi connectivity index (χ1n) is 3.19. The highest BCUT2D eigenvalue weighted by Crippen LogP contribution is 2.17. The molecule has 2 atom stereocenters. The Balaban J connectivity index is 5.22. The van der Waals surface area contributed by atoms with Crippen LogP contribution in [0.1, 0.15) is 0 Å². The average molecular weight is 376 g/mol. The first-order valence-corrected chi connectivity index (χ1v) is 8.44. The molecule has 6 nitrogen and oxygen atoms in total. The molecule has 0 saturated carbocycles. The molecule has 0 spiro atoms. The second kappa shape index (κ2) is 5.21. The molecule has 0 aliphatic rings. The molecule has 2 N–H and O–H groups in total. The molecular formula is C4H8Br2O6S2. The zero-order chi connectivity index (χ0) is 11.6. The quantitative estimate of drug-likeness (QED) is 0.528. The highest BCUT2D eigenvalue weighted by atomic mass is 79.9. The monoisotopic (exact) mass is 374 g/mol. The van der Waals surface area contributed by atoms with Gasteiger partial charge in [0, 0.05) is 10.7 Å². The average Bonchev–Trinajstić information content (AvgIpc) is 1.94. The summed E-state index contributed by atoms with van der Waals surface area (Å²) >= 11 is 5.50. The van der Waals surface area contributed by atoms with E-state index in [0.717, 1.165) is 0 Å². The van der Waals surface area contributed by atoms with E-state index in [2.05, 4.69) is 31.9 Å². The molecular weight excluding hydrogens is 368 g/mol. The fraction of sp³-hybridized carbons (Fsp3) is 1.00. The van der Waals surface area contributed by atoms with Gasteiger partial charge in [0.05, 0.1) is 0 Å². The molecule has 0 aliphatic carbocycles. The van der Waals surface area contributed by atoms with E-state index in [0.29, 0.717) is 0 Å². The van der Waals surface area contributed by atoms with Crippen molar-refractivity contribution in [1.29, 1.82) is 0 Å². The summed E-state index contributed by atoms with van der Waals surface area (Å²) in [5, 5.41) is -3.78. The van der Waals surface area contributed by atoms with Crippen molar-refractivity contribution in [3.05, 3.63) is 0 Å². The summed E-state index contributed by atoms with van der Waals surface area (Å²) in [6.07, 6.45) is 0. The highest BCUT2D eigenvalue weighted by Gasteiger charge is 2.38. The fourth-order valence-electron chi connectivity index (χ4n) is 0.742. The maximum Gasteiger partial charge on any atom is 0.270 e. The van der Waals surface area contributed by atoms with Gasteiger partial charge < -0.3 is 0 Å². The van der Waals surface area contributed by atoms with Crippen LogP contribution in [0.5, 0.6) is 0 Å². The topological polar surface area (TPSA) is 109 Å². The maximum atomic E-state index is 10.7. The van der Waals surface area contributed by atoms with Crippen LogP contribution < -0.4 is 0 Å². The Morgan fingerprint density at radius 3 is 1.14 bits per heavy atom. The van der Waals surface area contributed by atoms with E-state index in [1.54, 1.807) is 0 Å². The van der Waals surface area contributed by atoms with Gasteiger partial charge in [0.25, 0.3) is 20.2 Å². The van der Waals surface area contributed by atoms with Gasteiger partial charge in [0.2, 0.25) is 0 Å². The minimum atomic E-state index is -4.53. The van der Waals surface area contributed by atoms with Gasteiger partial charge in [-0.15, -0.1) is 0 Å². The Morgan fingerprint density at radius 2 is 1.07 bits per heavy atom. The Labute approximate surface area is 98.8 Å². The molecule has 2 unspecified atom stereocenters. The number of halogens is 2. The largest absolute Gasteiger partial charge is 0.285 e. The lowest BCUT2D eigenvalue weighted by Gasteiger charge is -2.17. The lowest BCUT2D eigenvalue weighted by atomic mass is 10.4. The number of hydrogen-bond acceptors (Lipinski definition) is 4. The maximum absolute atomic E-state index is 10.7. The van der Waals surface area contributed by atoms with Gasteiger partial charge in [-0.2, -0.15) is 16.8 Å². The van der Waals surface area contributed by atoms with E-state index in [1.165, 1.54) is 0 Å². The molecule has 0 amide bonds. The van der Waals surface area contributed by atoms with Crippen molar-refractivity contribution in [2.45, 2.75) is 10.5 Å². The van der Waals surface area contributed by atoms with Crippen molar-refractivity contribution in [2.24, 2.45) is 0 Å². The summed E-state index contributed by atoms with van der Waals surface area (Å²) in [6.45, 7) is 0. The molecule has 0 heterocycles. The van der Waals surface area contributed by atoms with E-state index in [9.17, 15) is 16.8 Å². The Bertz CT molecular complexity index is 335. The van der Waals surface area contributed by atoms with Gasteiger partial charge in [-0.05, 0) is 0 Å². The molecule has 0 radical (unpaired) electrons. The van der Waals surface area contributed by atoms with E-state index < -0.39 is 30.7 Å². The van der Waals surface area contributed by atoms with Crippen LogP contribution in [0.2, 0.25) is 0 Å². The number of hydrogen-bond donors (Lipinski definition) is 2. The fourth-order valence-corrected chi connectivity index (χ4v) is 6.26. The number of alkyl halides is 2. The van der Waals surface area contributed by atoms with Crippen LogP contribution in [-0.4, -0.2) is 47.1 Å². The third kappa shape index (κ3) is 4.11. The summed E-state index contributed by atoms with van der Waals surface area (Å²) in [5.74, 6) is 0. The van der Waals surface area contributed by atoms with E-state index in [-0.39, 0.29) is 10.7 Å². The van der Waals surface area contributed by atoms with Crippen molar-refractivity contribution in [2.75, 3.05) is 10.7 Å². The smallest absolute Gasteiger partial charge is 0.270 e. The summed E-state index contributed by atoms with van der Waals surface area (Å²) in [6, 6.07) is 0. The molecule has 0 rings (SSSR count). The first kappa shape index (κ1) is 14.8. The highest BCUT2D eigenvalue weighted by molar-refractivity contribution is 9.09. The van der Waals surface area contributed by atoms with Crippen LogP contribution in [0, 0.1) is 0 Å². The predicted octanol–water partition coefficient (Wildman–Crippen LogP) is 0.289. The lowest BCUT2D eigenvalue weighted by Crippen LogP contribution is -2.41. The van der Waals surface area contributed by atoms with Crippen molar-refractivity contribution in [3.63, 3.8) is 0 Å². The number of rotatable bonds is 5. The van der Waals surface area contributed by atoms with Crippen molar-refractivity contribution < 1.29 is 25.9 Å². The molecule has 0 aromatic carbocycles. The Morgan fingerprint density at radius 1 is 0.857 bits per heavy atom. The molecule has 0 fully saturated rings. The Hall–Kier alpha value is 0.780. The summed E-state index contributed by atoms with van der Waals surface area (Å²) in [7, 11) is -9.05. The lowest BCUT2D eigenvalue weighted by molar-refractivity contribution is 0.448. The second-order valence-electron chi connectivity index (χ2n) is 2.42. The summed E-state index contributed by atoms with van der Waals surface area (Å²) in [5.41, 5.74) is 0. The van der Waals surface area contributed by atoms with Crippen LogP contribution in [0.15, 0.2) is 0 Å². The van der Waals surface area contributed by atoms with Crippen LogP contribution in [0.25, 0.3) is 0 Å². The molecule has 0 bridgehead atoms. The summed E-state index contributed by atoms with van der Waals surface area (Å²) in [4.78, 5) is 0. The van der Waals surface area contributed by atoms with Crippen LogP contribution in [0.3, 0.4) is 0 Å². The molecule has 0 aliphatic heterocycles. The molecule has 0 saturated heterocycles. The third-order valence-electron chi connectivity index (χ3n) is 1.48. The van der Waals surface area contributed by atoms with Gasteiger partial charge in [0.1, 0.15) is 10.5 Å². The third-order valence-corrected chi connectivity index (χ3v) is 6.43. The standard InChI is InChI=1S/C4H8Br2O6S2/c5-1-3(13(7,8)9)4(2-6)14(10,11)12/h3-4H,1-2H2,(H,7,8,9)(H,10,11,12). The van der Waals surface area contributed by atoms with Gasteiger partial charge in [-0.25, -0.2) is 0 Å². The minimum Gasteiger partial charge on any atom is -0.285 e. The van der Waals surface area contributed by atoms with Gasteiger partial charge >= 0.3 is 0 Å². The second-order valence-corrected chi connectivity index (χ2v) is 6.98. The van der Waals surface area contributed by atoms with Crippen molar-refractivity contribution in [1.82, 2.24) is 0 Å². The molecule has 86 valence electrons. The zero-order valence-electron chi connectivity index (χ0n) is 6.67. The molecule has 14 heavy (non-hydrogen) atoms. The molecule has 0 aromatic heterocycles. The van der Waals surface area contributed by atoms with Crippen LogP contribution >= 0.6 is 31.9 Å². The van der Waals surface area contributed by atoms with Crippen LogP contribution in [0.4, 0.5) is 0 Å². The van der Waals surface area contributed by atoms with E-state index >= 15 is 0 Å². The summed E-state index contributed by atoms with van der Waals surface area (Å²) < 4.78 is 60.3. The molecule has 10 heteroatoms. The van der Waals surface area contributed by atoms with Crippen molar-refractivity contribution in [3.8, 4) is 0 Å². The van der Waals surface area contributed by atoms with Gasteiger partial charge in [0.15, 0.2) is 0 Å². The van der Waals surface area contributed by atoms with Crippen molar-refractivity contribution >= 4 is 52.1 Å².